The van der Waals surface area contributed by atoms with E-state index in [9.17, 15) is 13.2 Å². The Morgan fingerprint density at radius 2 is 2.09 bits per heavy atom. The lowest BCUT2D eigenvalue weighted by molar-refractivity contribution is -0.141. The van der Waals surface area contributed by atoms with Gasteiger partial charge in [-0.1, -0.05) is 0 Å². The summed E-state index contributed by atoms with van der Waals surface area (Å²) in [7, 11) is 1.91. The lowest BCUT2D eigenvalue weighted by atomic mass is 10.2. The van der Waals surface area contributed by atoms with E-state index in [0.29, 0.717) is 13.2 Å². The minimum atomic E-state index is -4.56. The van der Waals surface area contributed by atoms with Crippen LogP contribution in [0.3, 0.4) is 0 Å². The van der Waals surface area contributed by atoms with E-state index in [-0.39, 0.29) is 11.9 Å². The highest BCUT2D eigenvalue weighted by atomic mass is 35.5. The molecule has 22 heavy (non-hydrogen) atoms. The first-order valence-corrected chi connectivity index (χ1v) is 7.08. The van der Waals surface area contributed by atoms with E-state index >= 15 is 0 Å². The molecule has 1 aromatic rings. The Labute approximate surface area is 131 Å². The van der Waals surface area contributed by atoms with Crippen LogP contribution in [0.4, 0.5) is 19.0 Å². The summed E-state index contributed by atoms with van der Waals surface area (Å²) < 4.78 is 38.6. The quantitative estimate of drug-likeness (QED) is 0.857. The minimum Gasteiger partial charge on any atom is -0.368 e. The van der Waals surface area contributed by atoms with Crippen molar-refractivity contribution < 1.29 is 13.2 Å². The smallest absolute Gasteiger partial charge is 0.368 e. The van der Waals surface area contributed by atoms with Crippen molar-refractivity contribution in [3.8, 4) is 0 Å². The van der Waals surface area contributed by atoms with Crippen LogP contribution in [0.5, 0.6) is 0 Å². The largest absolute Gasteiger partial charge is 0.433 e. The molecule has 0 atom stereocenters. The molecule has 0 fully saturated rings. The van der Waals surface area contributed by atoms with Crippen LogP contribution in [0.25, 0.3) is 0 Å². The molecule has 2 heterocycles. The summed E-state index contributed by atoms with van der Waals surface area (Å²) in [5, 5.41) is 2.75. The van der Waals surface area contributed by atoms with E-state index < -0.39 is 17.2 Å². The molecule has 0 saturated heterocycles. The third-order valence-corrected chi connectivity index (χ3v) is 3.33. The average Bonchev–Trinajstić information content (AvgIpc) is 2.79. The second-order valence-electron chi connectivity index (χ2n) is 5.35. The molecule has 0 saturated carbocycles. The van der Waals surface area contributed by atoms with Crippen LogP contribution in [0.15, 0.2) is 18.0 Å². The third kappa shape index (κ3) is 3.94. The molecular formula is C13H17ClF3N5. The molecule has 1 N–H and O–H groups in total. The maximum atomic E-state index is 12.9. The highest BCUT2D eigenvalue weighted by Crippen LogP contribution is 2.31. The monoisotopic (exact) mass is 335 g/mol. The lowest BCUT2D eigenvalue weighted by Gasteiger charge is -2.28. The average molecular weight is 336 g/mol. The number of rotatable bonds is 4. The number of aromatic nitrogens is 2. The first-order valence-electron chi connectivity index (χ1n) is 6.70. The normalized spacial score (nSPS) is 15.1. The van der Waals surface area contributed by atoms with Crippen LogP contribution in [-0.2, 0) is 6.18 Å². The van der Waals surface area contributed by atoms with Crippen molar-refractivity contribution >= 4 is 17.4 Å². The van der Waals surface area contributed by atoms with Gasteiger partial charge in [0.1, 0.15) is 5.82 Å². The Morgan fingerprint density at radius 3 is 2.59 bits per heavy atom. The highest BCUT2D eigenvalue weighted by molar-refractivity contribution is 6.28. The summed E-state index contributed by atoms with van der Waals surface area (Å²) in [6, 6.07) is 0.867. The first kappa shape index (κ1) is 16.7. The predicted octanol–water partition coefficient (Wildman–Crippen LogP) is 2.70. The maximum absolute atomic E-state index is 12.9. The van der Waals surface area contributed by atoms with Crippen LogP contribution in [0.2, 0.25) is 5.28 Å². The van der Waals surface area contributed by atoms with Gasteiger partial charge in [0.15, 0.2) is 5.69 Å². The number of anilines is 1. The summed E-state index contributed by atoms with van der Waals surface area (Å²) in [4.78, 5) is 10.9. The zero-order chi connectivity index (χ0) is 16.5. The summed E-state index contributed by atoms with van der Waals surface area (Å²) in [5.41, 5.74) is -0.141. The van der Waals surface area contributed by atoms with Gasteiger partial charge in [-0.05, 0) is 25.4 Å². The summed E-state index contributed by atoms with van der Waals surface area (Å²) >= 11 is 5.66. The van der Waals surface area contributed by atoms with E-state index in [2.05, 4.69) is 15.3 Å². The fourth-order valence-corrected chi connectivity index (χ4v) is 2.27. The van der Waals surface area contributed by atoms with Gasteiger partial charge in [0.2, 0.25) is 5.28 Å². The number of alkyl halides is 3. The molecule has 1 aromatic heterocycles. The second kappa shape index (κ2) is 6.20. The summed E-state index contributed by atoms with van der Waals surface area (Å²) in [6.45, 7) is 4.83. The van der Waals surface area contributed by atoms with Crippen LogP contribution in [0.1, 0.15) is 19.5 Å². The Morgan fingerprint density at radius 1 is 1.41 bits per heavy atom. The Bertz CT molecular complexity index is 573. The minimum absolute atomic E-state index is 0.0549. The number of hydrogen-bond donors (Lipinski definition) is 1. The fourth-order valence-electron chi connectivity index (χ4n) is 2.09. The van der Waals surface area contributed by atoms with Gasteiger partial charge in [0.25, 0.3) is 0 Å². The van der Waals surface area contributed by atoms with E-state index in [1.165, 1.54) is 0 Å². The molecule has 0 unspecified atom stereocenters. The highest BCUT2D eigenvalue weighted by Gasteiger charge is 2.34. The van der Waals surface area contributed by atoms with Gasteiger partial charge in [0, 0.05) is 31.1 Å². The van der Waals surface area contributed by atoms with Crippen molar-refractivity contribution in [2.24, 2.45) is 0 Å². The van der Waals surface area contributed by atoms with Crippen molar-refractivity contribution in [3.05, 3.63) is 28.9 Å². The molecule has 1 aliphatic rings. The van der Waals surface area contributed by atoms with Crippen LogP contribution in [-0.4, -0.2) is 41.2 Å². The molecule has 122 valence electrons. The SMILES string of the molecule is CC(C)N(CC1=CN(C)CN1)c1cc(C(F)(F)F)nc(Cl)n1. The Kier molecular flexibility index (Phi) is 4.69. The zero-order valence-electron chi connectivity index (χ0n) is 12.4. The molecular weight excluding hydrogens is 319 g/mol. The maximum Gasteiger partial charge on any atom is 0.433 e. The molecule has 2 rings (SSSR count). The van der Waals surface area contributed by atoms with Crippen LogP contribution >= 0.6 is 11.6 Å². The number of nitrogens with zero attached hydrogens (tertiary/aromatic N) is 4. The fraction of sp³-hybridized carbons (Fsp3) is 0.538. The number of hydrogen-bond acceptors (Lipinski definition) is 5. The summed E-state index contributed by atoms with van der Waals surface area (Å²) in [6.07, 6.45) is -2.65. The van der Waals surface area contributed by atoms with Gasteiger partial charge in [-0.2, -0.15) is 13.2 Å². The molecule has 0 radical (unpaired) electrons. The second-order valence-corrected chi connectivity index (χ2v) is 5.68. The van der Waals surface area contributed by atoms with Gasteiger partial charge in [0.05, 0.1) is 13.2 Å². The molecule has 0 aromatic carbocycles. The van der Waals surface area contributed by atoms with Crippen molar-refractivity contribution in [1.29, 1.82) is 0 Å². The zero-order valence-corrected chi connectivity index (χ0v) is 13.2. The molecule has 0 amide bonds. The van der Waals surface area contributed by atoms with Gasteiger partial charge >= 0.3 is 6.18 Å². The summed E-state index contributed by atoms with van der Waals surface area (Å²) in [5.74, 6) is 0.152. The number of nitrogens with one attached hydrogen (secondary N) is 1. The van der Waals surface area contributed by atoms with Crippen molar-refractivity contribution in [1.82, 2.24) is 20.2 Å². The molecule has 0 spiro atoms. The van der Waals surface area contributed by atoms with Crippen molar-refractivity contribution in [2.45, 2.75) is 26.1 Å². The van der Waals surface area contributed by atoms with Gasteiger partial charge in [-0.25, -0.2) is 9.97 Å². The van der Waals surface area contributed by atoms with E-state index in [4.69, 9.17) is 11.6 Å². The molecule has 0 aliphatic carbocycles. The van der Waals surface area contributed by atoms with E-state index in [1.54, 1.807) is 4.90 Å². The standard InChI is InChI=1S/C13H17ClF3N5/c1-8(2)22(6-9-5-21(3)7-18-9)11-4-10(13(15,16)17)19-12(14)20-11/h4-5,8,18H,6-7H2,1-3H3. The van der Waals surface area contributed by atoms with Gasteiger partial charge < -0.3 is 15.1 Å². The van der Waals surface area contributed by atoms with E-state index in [0.717, 1.165) is 11.8 Å². The third-order valence-electron chi connectivity index (χ3n) is 3.17. The molecule has 0 bridgehead atoms. The number of halogens is 4. The van der Waals surface area contributed by atoms with Crippen LogP contribution in [0, 0.1) is 0 Å². The molecule has 9 heteroatoms. The van der Waals surface area contributed by atoms with Gasteiger partial charge in [-0.15, -0.1) is 0 Å². The predicted molar refractivity (Wildman–Crippen MR) is 78.4 cm³/mol. The Balaban J connectivity index is 2.32. The topological polar surface area (TPSA) is 44.3 Å². The van der Waals surface area contributed by atoms with Gasteiger partial charge in [-0.3, -0.25) is 0 Å². The molecule has 5 nitrogen and oxygen atoms in total. The first-order chi connectivity index (χ1) is 10.2. The van der Waals surface area contributed by atoms with Crippen molar-refractivity contribution in [2.75, 3.05) is 25.2 Å². The van der Waals surface area contributed by atoms with E-state index in [1.807, 2.05) is 32.0 Å². The van der Waals surface area contributed by atoms with Crippen molar-refractivity contribution in [3.63, 3.8) is 0 Å². The lowest BCUT2D eigenvalue weighted by Crippen LogP contribution is -2.36. The van der Waals surface area contributed by atoms with Crippen LogP contribution < -0.4 is 10.2 Å². The molecule has 1 aliphatic heterocycles. The Hall–Kier alpha value is -1.70.